The summed E-state index contributed by atoms with van der Waals surface area (Å²) in [7, 11) is 0. The Kier molecular flexibility index (Phi) is 4.21. The molecule has 1 aliphatic rings. The fourth-order valence-corrected chi connectivity index (χ4v) is 1.47. The van der Waals surface area contributed by atoms with Gasteiger partial charge < -0.3 is 15.2 Å². The highest BCUT2D eigenvalue weighted by atomic mass is 16.5. The number of rotatable bonds is 5. The summed E-state index contributed by atoms with van der Waals surface area (Å²) in [5.74, 6) is -0.0767. The van der Waals surface area contributed by atoms with Gasteiger partial charge in [0.15, 0.2) is 0 Å². The summed E-state index contributed by atoms with van der Waals surface area (Å²) < 4.78 is 5.45. The molecule has 0 heterocycles. The lowest BCUT2D eigenvalue weighted by molar-refractivity contribution is -0.135. The SMILES string of the molecule is CCOC1=C(NCC(=O)O)CCC(C)=C1. The molecule has 0 aromatic carbocycles. The van der Waals surface area contributed by atoms with Crippen LogP contribution in [0.2, 0.25) is 0 Å². The van der Waals surface area contributed by atoms with Gasteiger partial charge in [-0.3, -0.25) is 4.79 Å². The first-order chi connectivity index (χ1) is 7.13. The van der Waals surface area contributed by atoms with Crippen LogP contribution in [0, 0.1) is 0 Å². The number of aliphatic carboxylic acids is 1. The highest BCUT2D eigenvalue weighted by Gasteiger charge is 2.12. The molecule has 1 aliphatic carbocycles. The van der Waals surface area contributed by atoms with Gasteiger partial charge in [0.25, 0.3) is 0 Å². The van der Waals surface area contributed by atoms with E-state index in [2.05, 4.69) is 5.32 Å². The van der Waals surface area contributed by atoms with E-state index in [4.69, 9.17) is 9.84 Å². The van der Waals surface area contributed by atoms with Gasteiger partial charge in [0.1, 0.15) is 12.3 Å². The van der Waals surface area contributed by atoms with Crippen LogP contribution in [-0.2, 0) is 9.53 Å². The third-order valence-corrected chi connectivity index (χ3v) is 2.20. The zero-order chi connectivity index (χ0) is 11.3. The monoisotopic (exact) mass is 211 g/mol. The third kappa shape index (κ3) is 3.65. The summed E-state index contributed by atoms with van der Waals surface area (Å²) in [6.45, 7) is 4.50. The highest BCUT2D eigenvalue weighted by Crippen LogP contribution is 2.22. The molecule has 0 aromatic rings. The molecule has 0 amide bonds. The van der Waals surface area contributed by atoms with Gasteiger partial charge in [0.2, 0.25) is 0 Å². The van der Waals surface area contributed by atoms with E-state index in [9.17, 15) is 4.79 Å². The molecule has 0 aromatic heterocycles. The number of ether oxygens (including phenoxy) is 1. The summed E-state index contributed by atoms with van der Waals surface area (Å²) in [6.07, 6.45) is 3.75. The lowest BCUT2D eigenvalue weighted by Gasteiger charge is -2.19. The number of allylic oxidation sites excluding steroid dienone is 3. The van der Waals surface area contributed by atoms with Crippen molar-refractivity contribution < 1.29 is 14.6 Å². The number of carboxylic acids is 1. The Morgan fingerprint density at radius 2 is 2.33 bits per heavy atom. The molecule has 4 heteroatoms. The lowest BCUT2D eigenvalue weighted by atomic mass is 10.0. The average Bonchev–Trinajstić information content (AvgIpc) is 2.17. The molecular weight excluding hydrogens is 194 g/mol. The molecule has 0 atom stereocenters. The van der Waals surface area contributed by atoms with Crippen molar-refractivity contribution in [2.24, 2.45) is 0 Å². The quantitative estimate of drug-likeness (QED) is 0.726. The molecular formula is C11H17NO3. The first kappa shape index (κ1) is 11.6. The van der Waals surface area contributed by atoms with Crippen LogP contribution >= 0.6 is 0 Å². The van der Waals surface area contributed by atoms with Gasteiger partial charge in [0, 0.05) is 0 Å². The molecule has 15 heavy (non-hydrogen) atoms. The van der Waals surface area contributed by atoms with Crippen LogP contribution in [0.3, 0.4) is 0 Å². The Morgan fingerprint density at radius 3 is 2.93 bits per heavy atom. The molecule has 0 fully saturated rings. The van der Waals surface area contributed by atoms with Gasteiger partial charge in [-0.25, -0.2) is 0 Å². The van der Waals surface area contributed by atoms with E-state index in [1.54, 1.807) is 0 Å². The second kappa shape index (κ2) is 5.44. The normalized spacial score (nSPS) is 16.0. The Morgan fingerprint density at radius 1 is 1.60 bits per heavy atom. The van der Waals surface area contributed by atoms with E-state index >= 15 is 0 Å². The fraction of sp³-hybridized carbons (Fsp3) is 0.545. The molecule has 4 nitrogen and oxygen atoms in total. The van der Waals surface area contributed by atoms with Crippen molar-refractivity contribution in [1.82, 2.24) is 5.32 Å². The van der Waals surface area contributed by atoms with Crippen molar-refractivity contribution in [3.05, 3.63) is 23.1 Å². The number of hydrogen-bond acceptors (Lipinski definition) is 3. The van der Waals surface area contributed by atoms with Crippen LogP contribution < -0.4 is 5.32 Å². The molecule has 0 saturated carbocycles. The van der Waals surface area contributed by atoms with Crippen LogP contribution in [-0.4, -0.2) is 24.2 Å². The van der Waals surface area contributed by atoms with Crippen molar-refractivity contribution in [1.29, 1.82) is 0 Å². The Labute approximate surface area is 89.6 Å². The predicted octanol–water partition coefficient (Wildman–Crippen LogP) is 1.65. The summed E-state index contributed by atoms with van der Waals surface area (Å²) in [5.41, 5.74) is 2.16. The van der Waals surface area contributed by atoms with Crippen LogP contribution in [0.4, 0.5) is 0 Å². The zero-order valence-corrected chi connectivity index (χ0v) is 9.17. The number of hydrogen-bond donors (Lipinski definition) is 2. The Hall–Kier alpha value is -1.45. The molecule has 0 saturated heterocycles. The molecule has 0 spiro atoms. The second-order valence-electron chi connectivity index (χ2n) is 3.51. The number of carbonyl (C=O) groups is 1. The molecule has 0 radical (unpaired) electrons. The maximum absolute atomic E-state index is 10.4. The van der Waals surface area contributed by atoms with Gasteiger partial charge in [-0.2, -0.15) is 0 Å². The molecule has 0 bridgehead atoms. The van der Waals surface area contributed by atoms with Gasteiger partial charge in [-0.05, 0) is 32.8 Å². The Balaban J connectivity index is 2.70. The summed E-state index contributed by atoms with van der Waals surface area (Å²) in [5, 5.41) is 11.5. The average molecular weight is 211 g/mol. The maximum Gasteiger partial charge on any atom is 0.322 e. The largest absolute Gasteiger partial charge is 0.492 e. The zero-order valence-electron chi connectivity index (χ0n) is 9.17. The van der Waals surface area contributed by atoms with Crippen LogP contribution in [0.15, 0.2) is 23.1 Å². The van der Waals surface area contributed by atoms with E-state index < -0.39 is 5.97 Å². The summed E-state index contributed by atoms with van der Waals surface area (Å²) >= 11 is 0. The van der Waals surface area contributed by atoms with Crippen LogP contribution in [0.25, 0.3) is 0 Å². The van der Waals surface area contributed by atoms with Crippen molar-refractivity contribution in [2.75, 3.05) is 13.2 Å². The van der Waals surface area contributed by atoms with Gasteiger partial charge in [-0.1, -0.05) is 5.57 Å². The maximum atomic E-state index is 10.4. The second-order valence-corrected chi connectivity index (χ2v) is 3.51. The van der Waals surface area contributed by atoms with Gasteiger partial charge >= 0.3 is 5.97 Å². The van der Waals surface area contributed by atoms with E-state index in [-0.39, 0.29) is 6.54 Å². The minimum Gasteiger partial charge on any atom is -0.492 e. The van der Waals surface area contributed by atoms with Crippen LogP contribution in [0.5, 0.6) is 0 Å². The summed E-state index contributed by atoms with van der Waals surface area (Å²) in [4.78, 5) is 10.4. The third-order valence-electron chi connectivity index (χ3n) is 2.20. The van der Waals surface area contributed by atoms with Crippen molar-refractivity contribution >= 4 is 5.97 Å². The van der Waals surface area contributed by atoms with E-state index in [1.165, 1.54) is 5.57 Å². The fourth-order valence-electron chi connectivity index (χ4n) is 1.47. The minimum absolute atomic E-state index is 0.0568. The lowest BCUT2D eigenvalue weighted by Crippen LogP contribution is -2.24. The minimum atomic E-state index is -0.857. The topological polar surface area (TPSA) is 58.6 Å². The first-order valence-corrected chi connectivity index (χ1v) is 5.12. The van der Waals surface area contributed by atoms with E-state index in [0.29, 0.717) is 6.61 Å². The standard InChI is InChI=1S/C11H17NO3/c1-3-15-10-6-8(2)4-5-9(10)12-7-11(13)14/h6,12H,3-5,7H2,1-2H3,(H,13,14). The van der Waals surface area contributed by atoms with Crippen molar-refractivity contribution in [3.8, 4) is 0 Å². The van der Waals surface area contributed by atoms with Gasteiger partial charge in [-0.15, -0.1) is 0 Å². The van der Waals surface area contributed by atoms with E-state index in [1.807, 2.05) is 19.9 Å². The molecule has 1 rings (SSSR count). The highest BCUT2D eigenvalue weighted by molar-refractivity contribution is 5.69. The van der Waals surface area contributed by atoms with E-state index in [0.717, 1.165) is 24.3 Å². The number of carboxylic acid groups (broad SMARTS) is 1. The van der Waals surface area contributed by atoms with Gasteiger partial charge in [0.05, 0.1) is 12.3 Å². The van der Waals surface area contributed by atoms with Crippen LogP contribution in [0.1, 0.15) is 26.7 Å². The van der Waals surface area contributed by atoms with Crippen molar-refractivity contribution in [3.63, 3.8) is 0 Å². The Bertz CT molecular complexity index is 305. The smallest absolute Gasteiger partial charge is 0.322 e. The molecule has 84 valence electrons. The molecule has 2 N–H and O–H groups in total. The predicted molar refractivity (Wildman–Crippen MR) is 57.3 cm³/mol. The first-order valence-electron chi connectivity index (χ1n) is 5.12. The molecule has 0 aliphatic heterocycles. The number of nitrogens with one attached hydrogen (secondary N) is 1. The summed E-state index contributed by atoms with van der Waals surface area (Å²) in [6, 6.07) is 0. The van der Waals surface area contributed by atoms with Crippen molar-refractivity contribution in [2.45, 2.75) is 26.7 Å². The molecule has 0 unspecified atom stereocenters.